The number of hydrogen-bond acceptors (Lipinski definition) is 3. The number of halogens is 1. The van der Waals surface area contributed by atoms with Gasteiger partial charge in [-0.1, -0.05) is 18.2 Å². The van der Waals surface area contributed by atoms with Crippen LogP contribution >= 0.6 is 7.56 Å². The number of nitrogens with zero attached hydrogens (tertiary/aromatic N) is 4. The summed E-state index contributed by atoms with van der Waals surface area (Å²) in [5, 5.41) is 6.18. The van der Waals surface area contributed by atoms with E-state index >= 15 is 0 Å². The standard InChI is InChI=1S/C16H26N4P.BrH/c1-13-16(21(7,18(3)4)19(5)6)14(2)20(17-13)15-11-9-8-10-12-15;/h8-12H,1-7H3;1H/q+1;/p-1. The van der Waals surface area contributed by atoms with E-state index in [1.807, 2.05) is 6.07 Å². The van der Waals surface area contributed by atoms with E-state index in [4.69, 9.17) is 5.10 Å². The molecule has 0 aliphatic carbocycles. The largest absolute Gasteiger partial charge is 1.00 e. The van der Waals surface area contributed by atoms with E-state index in [1.54, 1.807) is 0 Å². The van der Waals surface area contributed by atoms with Gasteiger partial charge in [0.05, 0.1) is 18.0 Å². The van der Waals surface area contributed by atoms with Gasteiger partial charge >= 0.3 is 0 Å². The summed E-state index contributed by atoms with van der Waals surface area (Å²) in [6.45, 7) is 6.64. The van der Waals surface area contributed by atoms with E-state index in [0.717, 1.165) is 11.4 Å². The predicted octanol–water partition coefficient (Wildman–Crippen LogP) is -0.281. The minimum absolute atomic E-state index is 0. The van der Waals surface area contributed by atoms with E-state index in [-0.39, 0.29) is 17.0 Å². The van der Waals surface area contributed by atoms with E-state index in [2.05, 4.69) is 87.0 Å². The lowest BCUT2D eigenvalue weighted by atomic mass is 10.3. The monoisotopic (exact) mass is 384 g/mol. The highest BCUT2D eigenvalue weighted by atomic mass is 79.9. The van der Waals surface area contributed by atoms with Crippen molar-refractivity contribution in [1.29, 1.82) is 0 Å². The zero-order chi connectivity index (χ0) is 15.8. The molecule has 6 heteroatoms. The first-order valence-corrected chi connectivity index (χ1v) is 9.28. The molecule has 0 N–H and O–H groups in total. The van der Waals surface area contributed by atoms with Crippen LogP contribution in [-0.4, -0.2) is 54.0 Å². The van der Waals surface area contributed by atoms with Crippen LogP contribution in [0, 0.1) is 13.8 Å². The Labute approximate surface area is 145 Å². The Hall–Kier alpha value is -0.740. The van der Waals surface area contributed by atoms with Crippen LogP contribution in [0.3, 0.4) is 0 Å². The summed E-state index contributed by atoms with van der Waals surface area (Å²) in [5.74, 6) is 0. The Bertz CT molecular complexity index is 615. The highest BCUT2D eigenvalue weighted by molar-refractivity contribution is 7.78. The van der Waals surface area contributed by atoms with Gasteiger partial charge in [0.2, 0.25) is 0 Å². The van der Waals surface area contributed by atoms with Gasteiger partial charge in [0.1, 0.15) is 5.69 Å². The van der Waals surface area contributed by atoms with Crippen molar-refractivity contribution in [3.8, 4) is 5.69 Å². The topological polar surface area (TPSA) is 24.3 Å². The molecule has 0 saturated heterocycles. The van der Waals surface area contributed by atoms with Gasteiger partial charge < -0.3 is 17.0 Å². The zero-order valence-corrected chi connectivity index (χ0v) is 17.0. The summed E-state index contributed by atoms with van der Waals surface area (Å²) >= 11 is 0. The van der Waals surface area contributed by atoms with Gasteiger partial charge in [-0.15, -0.1) is 0 Å². The molecule has 0 atom stereocenters. The van der Waals surface area contributed by atoms with Gasteiger partial charge in [0, 0.05) is 28.2 Å². The molecule has 1 heterocycles. The maximum absolute atomic E-state index is 4.80. The molecule has 0 spiro atoms. The highest BCUT2D eigenvalue weighted by Gasteiger charge is 2.46. The number of hydrogen-bond donors (Lipinski definition) is 0. The van der Waals surface area contributed by atoms with Crippen molar-refractivity contribution in [2.24, 2.45) is 0 Å². The van der Waals surface area contributed by atoms with Crippen molar-refractivity contribution in [3.05, 3.63) is 41.7 Å². The molecule has 0 unspecified atom stereocenters. The molecule has 22 heavy (non-hydrogen) atoms. The molecular formula is C16H26BrN4P. The third-order valence-electron chi connectivity index (χ3n) is 4.24. The van der Waals surface area contributed by atoms with Crippen LogP contribution in [-0.2, 0) is 0 Å². The molecule has 122 valence electrons. The molecule has 4 nitrogen and oxygen atoms in total. The molecule has 0 bridgehead atoms. The summed E-state index contributed by atoms with van der Waals surface area (Å²) in [6.07, 6.45) is 0. The van der Waals surface area contributed by atoms with Crippen molar-refractivity contribution in [3.63, 3.8) is 0 Å². The molecule has 2 rings (SSSR count). The Balaban J connectivity index is 0.00000242. The van der Waals surface area contributed by atoms with E-state index in [0.29, 0.717) is 0 Å². The Morgan fingerprint density at radius 3 is 1.91 bits per heavy atom. The highest BCUT2D eigenvalue weighted by Crippen LogP contribution is 2.58. The van der Waals surface area contributed by atoms with Crippen LogP contribution in [0.5, 0.6) is 0 Å². The second kappa shape index (κ2) is 7.22. The van der Waals surface area contributed by atoms with Crippen molar-refractivity contribution in [1.82, 2.24) is 19.1 Å². The summed E-state index contributed by atoms with van der Waals surface area (Å²) in [4.78, 5) is 0. The molecule has 1 aromatic carbocycles. The van der Waals surface area contributed by atoms with Gasteiger partial charge in [-0.25, -0.2) is 4.68 Å². The quantitative estimate of drug-likeness (QED) is 0.677. The first-order chi connectivity index (χ1) is 9.80. The molecule has 0 aliphatic rings. The maximum Gasteiger partial charge on any atom is 0.185 e. The lowest BCUT2D eigenvalue weighted by Crippen LogP contribution is -3.00. The van der Waals surface area contributed by atoms with Gasteiger partial charge in [-0.2, -0.15) is 14.4 Å². The Morgan fingerprint density at radius 2 is 1.45 bits per heavy atom. The maximum atomic E-state index is 4.80. The van der Waals surface area contributed by atoms with Gasteiger partial charge in [-0.05, 0) is 26.0 Å². The molecular weight excluding hydrogens is 359 g/mol. The smallest absolute Gasteiger partial charge is 0.185 e. The van der Waals surface area contributed by atoms with Gasteiger partial charge in [-0.3, -0.25) is 0 Å². The molecule has 0 fully saturated rings. The average Bonchev–Trinajstić information content (AvgIpc) is 2.74. The Kier molecular flexibility index (Phi) is 6.34. The zero-order valence-electron chi connectivity index (χ0n) is 14.5. The van der Waals surface area contributed by atoms with Crippen LogP contribution in [0.25, 0.3) is 5.69 Å². The van der Waals surface area contributed by atoms with Crippen LogP contribution in [0.1, 0.15) is 11.4 Å². The number of aryl methyl sites for hydroxylation is 1. The molecule has 0 radical (unpaired) electrons. The minimum atomic E-state index is -1.56. The number of rotatable bonds is 4. The Morgan fingerprint density at radius 1 is 0.955 bits per heavy atom. The molecule has 0 saturated carbocycles. The molecule has 0 aliphatic heterocycles. The van der Waals surface area contributed by atoms with Crippen molar-refractivity contribution < 1.29 is 17.0 Å². The van der Waals surface area contributed by atoms with Crippen LogP contribution in [0.2, 0.25) is 0 Å². The van der Waals surface area contributed by atoms with Crippen LogP contribution in [0.15, 0.2) is 30.3 Å². The average molecular weight is 385 g/mol. The lowest BCUT2D eigenvalue weighted by Gasteiger charge is -2.33. The lowest BCUT2D eigenvalue weighted by molar-refractivity contribution is -0.00000478. The first kappa shape index (κ1) is 19.3. The van der Waals surface area contributed by atoms with E-state index in [1.165, 1.54) is 11.0 Å². The summed E-state index contributed by atoms with van der Waals surface area (Å²) < 4.78 is 6.76. The predicted molar refractivity (Wildman–Crippen MR) is 92.9 cm³/mol. The number of benzene rings is 1. The fourth-order valence-electron chi connectivity index (χ4n) is 2.83. The SMILES string of the molecule is Cc1nn(-c2ccccc2)c(C)c1[P+](C)(N(C)C)N(C)C.[Br-]. The minimum Gasteiger partial charge on any atom is -1.00 e. The third-order valence-corrected chi connectivity index (χ3v) is 8.85. The van der Waals surface area contributed by atoms with Crippen molar-refractivity contribution in [2.45, 2.75) is 13.8 Å². The molecule has 0 amide bonds. The first-order valence-electron chi connectivity index (χ1n) is 7.14. The second-order valence-corrected chi connectivity index (χ2v) is 9.75. The van der Waals surface area contributed by atoms with E-state index < -0.39 is 7.56 Å². The fraction of sp³-hybridized carbons (Fsp3) is 0.438. The van der Waals surface area contributed by atoms with Crippen molar-refractivity contribution in [2.75, 3.05) is 34.9 Å². The summed E-state index contributed by atoms with van der Waals surface area (Å²) in [7, 11) is 7.08. The molecule has 1 aromatic heterocycles. The summed E-state index contributed by atoms with van der Waals surface area (Å²) in [6, 6.07) is 10.3. The third kappa shape index (κ3) is 3.13. The van der Waals surface area contributed by atoms with Crippen LogP contribution in [0.4, 0.5) is 0 Å². The van der Waals surface area contributed by atoms with E-state index in [9.17, 15) is 0 Å². The fourth-order valence-corrected chi connectivity index (χ4v) is 5.71. The number of para-hydroxylation sites is 1. The van der Waals surface area contributed by atoms with Crippen molar-refractivity contribution >= 4 is 12.9 Å². The van der Waals surface area contributed by atoms with Gasteiger partial charge in [0.25, 0.3) is 0 Å². The summed E-state index contributed by atoms with van der Waals surface area (Å²) in [5.41, 5.74) is 3.47. The molecule has 2 aromatic rings. The normalized spacial score (nSPS) is 11.9. The van der Waals surface area contributed by atoms with Crippen LogP contribution < -0.4 is 22.3 Å². The second-order valence-electron chi connectivity index (χ2n) is 5.87. The number of aromatic nitrogens is 2. The van der Waals surface area contributed by atoms with Gasteiger partial charge in [0.15, 0.2) is 12.9 Å².